The number of nitrogens with zero attached hydrogens (tertiary/aromatic N) is 1. The SMILES string of the molecule is CO/N=C(\CCc1sc2cc(C(F)(F)F)ccc2c1C(C)C)c1ccc(OCC(=O)O)c(C)c1. The van der Waals surface area contributed by atoms with E-state index in [4.69, 9.17) is 14.7 Å². The van der Waals surface area contributed by atoms with Crippen LogP contribution < -0.4 is 4.74 Å². The van der Waals surface area contributed by atoms with Crippen molar-refractivity contribution in [1.82, 2.24) is 0 Å². The molecule has 0 aliphatic heterocycles. The molecular weight excluding hydrogens is 467 g/mol. The van der Waals surface area contributed by atoms with Gasteiger partial charge in [0.2, 0.25) is 0 Å². The molecule has 1 aromatic heterocycles. The summed E-state index contributed by atoms with van der Waals surface area (Å²) in [5, 5.41) is 13.8. The normalized spacial score (nSPS) is 12.4. The molecule has 0 bridgehead atoms. The van der Waals surface area contributed by atoms with Crippen molar-refractivity contribution in [2.75, 3.05) is 13.7 Å². The summed E-state index contributed by atoms with van der Waals surface area (Å²) in [6, 6.07) is 9.25. The van der Waals surface area contributed by atoms with Crippen LogP contribution >= 0.6 is 11.3 Å². The number of rotatable bonds is 9. The van der Waals surface area contributed by atoms with Gasteiger partial charge in [-0.25, -0.2) is 4.79 Å². The molecule has 0 aliphatic carbocycles. The maximum atomic E-state index is 13.2. The van der Waals surface area contributed by atoms with Gasteiger partial charge >= 0.3 is 12.1 Å². The highest BCUT2D eigenvalue weighted by atomic mass is 32.1. The van der Waals surface area contributed by atoms with Crippen molar-refractivity contribution in [2.45, 2.75) is 45.7 Å². The quantitative estimate of drug-likeness (QED) is 0.263. The third-order valence-electron chi connectivity index (χ3n) is 5.36. The summed E-state index contributed by atoms with van der Waals surface area (Å²) in [7, 11) is 1.45. The monoisotopic (exact) mass is 493 g/mol. The highest BCUT2D eigenvalue weighted by Crippen LogP contribution is 2.40. The number of aryl methyl sites for hydroxylation is 2. The number of fused-ring (bicyclic) bond motifs is 1. The lowest BCUT2D eigenvalue weighted by Crippen LogP contribution is -2.10. The molecule has 0 unspecified atom stereocenters. The van der Waals surface area contributed by atoms with Crippen LogP contribution in [0, 0.1) is 6.92 Å². The molecule has 182 valence electrons. The van der Waals surface area contributed by atoms with Crippen molar-refractivity contribution in [3.05, 3.63) is 63.5 Å². The van der Waals surface area contributed by atoms with Gasteiger partial charge in [0.25, 0.3) is 0 Å². The van der Waals surface area contributed by atoms with Crippen LogP contribution in [0.15, 0.2) is 41.6 Å². The van der Waals surface area contributed by atoms with Gasteiger partial charge in [-0.3, -0.25) is 0 Å². The molecule has 0 saturated carbocycles. The lowest BCUT2D eigenvalue weighted by Gasteiger charge is -2.12. The average molecular weight is 494 g/mol. The first kappa shape index (κ1) is 25.6. The smallest absolute Gasteiger partial charge is 0.416 e. The number of carboxylic acids is 1. The maximum absolute atomic E-state index is 13.2. The Morgan fingerprint density at radius 2 is 1.91 bits per heavy atom. The summed E-state index contributed by atoms with van der Waals surface area (Å²) in [6.45, 7) is 5.45. The largest absolute Gasteiger partial charge is 0.482 e. The third-order valence-corrected chi connectivity index (χ3v) is 6.59. The predicted molar refractivity (Wildman–Crippen MR) is 127 cm³/mol. The lowest BCUT2D eigenvalue weighted by molar-refractivity contribution is -0.139. The Balaban J connectivity index is 1.88. The van der Waals surface area contributed by atoms with Crippen LogP contribution in [0.2, 0.25) is 0 Å². The van der Waals surface area contributed by atoms with Gasteiger partial charge in [-0.05, 0) is 78.1 Å². The summed E-state index contributed by atoms with van der Waals surface area (Å²) in [5.74, 6) is -0.442. The Hall–Kier alpha value is -3.07. The van der Waals surface area contributed by atoms with Gasteiger partial charge in [0, 0.05) is 9.58 Å². The van der Waals surface area contributed by atoms with Gasteiger partial charge in [-0.1, -0.05) is 25.1 Å². The Morgan fingerprint density at radius 3 is 2.50 bits per heavy atom. The number of ether oxygens (including phenoxy) is 1. The standard InChI is InChI=1S/C25H26F3NO4S/c1-14(2)24-18-7-6-17(25(26,27)28)12-22(18)34-21(24)10-8-19(29-32-4)16-5-9-20(15(3)11-16)33-13-23(30)31/h5-7,9,11-12,14H,8,10,13H2,1-4H3,(H,30,31)/b29-19+. The molecular formula is C25H26F3NO4S. The molecule has 0 aliphatic rings. The Morgan fingerprint density at radius 1 is 1.18 bits per heavy atom. The molecule has 9 heteroatoms. The predicted octanol–water partition coefficient (Wildman–Crippen LogP) is 6.80. The maximum Gasteiger partial charge on any atom is 0.416 e. The zero-order valence-corrected chi connectivity index (χ0v) is 20.1. The number of benzene rings is 2. The Bertz CT molecular complexity index is 1210. The fraction of sp³-hybridized carbons (Fsp3) is 0.360. The van der Waals surface area contributed by atoms with E-state index in [1.165, 1.54) is 24.5 Å². The van der Waals surface area contributed by atoms with Crippen LogP contribution in [0.3, 0.4) is 0 Å². The van der Waals surface area contributed by atoms with Crippen LogP contribution in [0.25, 0.3) is 10.1 Å². The molecule has 0 atom stereocenters. The minimum atomic E-state index is -4.38. The van der Waals surface area contributed by atoms with Gasteiger partial charge in [0.05, 0.1) is 11.3 Å². The number of carboxylic acid groups (broad SMARTS) is 1. The van der Waals surface area contributed by atoms with Crippen molar-refractivity contribution in [2.24, 2.45) is 5.16 Å². The second kappa shape index (κ2) is 10.5. The van der Waals surface area contributed by atoms with E-state index >= 15 is 0 Å². The van der Waals surface area contributed by atoms with Gasteiger partial charge in [0.15, 0.2) is 6.61 Å². The zero-order chi connectivity index (χ0) is 25.0. The fourth-order valence-electron chi connectivity index (χ4n) is 3.88. The average Bonchev–Trinajstić information content (AvgIpc) is 3.13. The van der Waals surface area contributed by atoms with E-state index in [1.807, 2.05) is 26.8 Å². The van der Waals surface area contributed by atoms with Gasteiger partial charge < -0.3 is 14.7 Å². The summed E-state index contributed by atoms with van der Waals surface area (Å²) < 4.78 is 45.5. The van der Waals surface area contributed by atoms with E-state index in [0.717, 1.165) is 33.0 Å². The molecule has 3 aromatic rings. The van der Waals surface area contributed by atoms with Gasteiger partial charge in [-0.2, -0.15) is 13.2 Å². The summed E-state index contributed by atoms with van der Waals surface area (Å²) >= 11 is 1.38. The topological polar surface area (TPSA) is 68.1 Å². The molecule has 1 heterocycles. The van der Waals surface area contributed by atoms with Crippen molar-refractivity contribution < 1.29 is 32.6 Å². The minimum absolute atomic E-state index is 0.149. The van der Waals surface area contributed by atoms with Gasteiger partial charge in [-0.15, -0.1) is 11.3 Å². The molecule has 34 heavy (non-hydrogen) atoms. The van der Waals surface area contributed by atoms with E-state index in [-0.39, 0.29) is 5.92 Å². The number of hydrogen-bond donors (Lipinski definition) is 1. The van der Waals surface area contributed by atoms with Crippen LogP contribution in [0.5, 0.6) is 5.75 Å². The highest BCUT2D eigenvalue weighted by molar-refractivity contribution is 7.19. The first-order chi connectivity index (χ1) is 16.0. The summed E-state index contributed by atoms with van der Waals surface area (Å²) in [5.41, 5.74) is 2.64. The van der Waals surface area contributed by atoms with Crippen LogP contribution in [-0.2, 0) is 22.2 Å². The number of aliphatic carboxylic acids is 1. The van der Waals surface area contributed by atoms with Crippen molar-refractivity contribution in [1.29, 1.82) is 0 Å². The number of thiophene rings is 1. The van der Waals surface area contributed by atoms with E-state index in [9.17, 15) is 18.0 Å². The van der Waals surface area contributed by atoms with E-state index in [2.05, 4.69) is 5.16 Å². The van der Waals surface area contributed by atoms with E-state index < -0.39 is 24.3 Å². The fourth-order valence-corrected chi connectivity index (χ4v) is 5.28. The molecule has 1 N–H and O–H groups in total. The summed E-state index contributed by atoms with van der Waals surface area (Å²) in [4.78, 5) is 16.8. The molecule has 5 nitrogen and oxygen atoms in total. The number of alkyl halides is 3. The molecule has 0 amide bonds. The Kier molecular flexibility index (Phi) is 7.86. The number of oxime groups is 1. The molecule has 0 spiro atoms. The van der Waals surface area contributed by atoms with Crippen molar-refractivity contribution >= 4 is 33.1 Å². The number of halogens is 3. The third kappa shape index (κ3) is 5.88. The first-order valence-electron chi connectivity index (χ1n) is 10.7. The second-order valence-electron chi connectivity index (χ2n) is 8.19. The molecule has 0 fully saturated rings. The molecule has 2 aromatic carbocycles. The van der Waals surface area contributed by atoms with Crippen LogP contribution in [0.1, 0.15) is 53.3 Å². The zero-order valence-electron chi connectivity index (χ0n) is 19.3. The number of hydrogen-bond acceptors (Lipinski definition) is 5. The lowest BCUT2D eigenvalue weighted by atomic mass is 9.95. The first-order valence-corrected chi connectivity index (χ1v) is 11.5. The van der Waals surface area contributed by atoms with Crippen LogP contribution in [-0.4, -0.2) is 30.5 Å². The van der Waals surface area contributed by atoms with Crippen LogP contribution in [0.4, 0.5) is 13.2 Å². The van der Waals surface area contributed by atoms with E-state index in [1.54, 1.807) is 18.2 Å². The molecule has 0 radical (unpaired) electrons. The Labute approximate surface area is 199 Å². The van der Waals surface area contributed by atoms with Gasteiger partial charge in [0.1, 0.15) is 12.9 Å². The van der Waals surface area contributed by atoms with Crippen molar-refractivity contribution in [3.8, 4) is 5.75 Å². The second-order valence-corrected chi connectivity index (χ2v) is 9.32. The molecule has 3 rings (SSSR count). The minimum Gasteiger partial charge on any atom is -0.482 e. The van der Waals surface area contributed by atoms with E-state index in [0.29, 0.717) is 29.0 Å². The summed E-state index contributed by atoms with van der Waals surface area (Å²) in [6.07, 6.45) is -3.28. The number of carbonyl (C=O) groups is 1. The van der Waals surface area contributed by atoms with Crippen molar-refractivity contribution in [3.63, 3.8) is 0 Å². The molecule has 0 saturated heterocycles. The highest BCUT2D eigenvalue weighted by Gasteiger charge is 2.31.